The number of piperidine rings is 1. The predicted molar refractivity (Wildman–Crippen MR) is 68.2 cm³/mol. The standard InChI is InChI=1S/C12H13BrClF2N/c13-10-3-4-11(15)9(12(10)16)7-17-5-1-2-8(14)6-17/h3-4,8H,1-2,5-7H2. The molecule has 1 atom stereocenters. The smallest absolute Gasteiger partial charge is 0.144 e. The van der Waals surface area contributed by atoms with Gasteiger partial charge in [-0.1, -0.05) is 0 Å². The first-order valence-corrected chi connectivity index (χ1v) is 6.79. The fourth-order valence-corrected chi connectivity index (χ4v) is 2.80. The van der Waals surface area contributed by atoms with Gasteiger partial charge in [0.25, 0.3) is 0 Å². The molecule has 1 unspecified atom stereocenters. The summed E-state index contributed by atoms with van der Waals surface area (Å²) < 4.78 is 27.6. The van der Waals surface area contributed by atoms with Gasteiger partial charge < -0.3 is 0 Å². The molecule has 0 bridgehead atoms. The zero-order valence-electron chi connectivity index (χ0n) is 9.23. The van der Waals surface area contributed by atoms with Gasteiger partial charge in [-0.05, 0) is 47.4 Å². The first kappa shape index (κ1) is 13.2. The van der Waals surface area contributed by atoms with E-state index in [1.807, 2.05) is 4.90 Å². The number of nitrogens with zero attached hydrogens (tertiary/aromatic N) is 1. The van der Waals surface area contributed by atoms with E-state index in [0.717, 1.165) is 19.4 Å². The fraction of sp³-hybridized carbons (Fsp3) is 0.500. The van der Waals surface area contributed by atoms with Gasteiger partial charge >= 0.3 is 0 Å². The Labute approximate surface area is 113 Å². The quantitative estimate of drug-likeness (QED) is 0.588. The Hall–Kier alpha value is -0.190. The first-order chi connectivity index (χ1) is 8.08. The van der Waals surface area contributed by atoms with E-state index in [9.17, 15) is 8.78 Å². The van der Waals surface area contributed by atoms with Crippen LogP contribution in [0.5, 0.6) is 0 Å². The molecule has 1 heterocycles. The van der Waals surface area contributed by atoms with Crippen LogP contribution >= 0.6 is 27.5 Å². The van der Waals surface area contributed by atoms with Gasteiger partial charge in [0.1, 0.15) is 11.6 Å². The van der Waals surface area contributed by atoms with Gasteiger partial charge in [-0.15, -0.1) is 11.6 Å². The molecule has 0 N–H and O–H groups in total. The highest BCUT2D eigenvalue weighted by Gasteiger charge is 2.21. The molecule has 5 heteroatoms. The highest BCUT2D eigenvalue weighted by Crippen LogP contribution is 2.24. The largest absolute Gasteiger partial charge is 0.297 e. The summed E-state index contributed by atoms with van der Waals surface area (Å²) >= 11 is 9.12. The van der Waals surface area contributed by atoms with Crippen LogP contribution < -0.4 is 0 Å². The van der Waals surface area contributed by atoms with Crippen molar-refractivity contribution < 1.29 is 8.78 Å². The Morgan fingerprint density at radius 3 is 2.88 bits per heavy atom. The van der Waals surface area contributed by atoms with Crippen molar-refractivity contribution >= 4 is 27.5 Å². The Morgan fingerprint density at radius 2 is 2.18 bits per heavy atom. The maximum atomic E-state index is 13.8. The van der Waals surface area contributed by atoms with E-state index in [-0.39, 0.29) is 17.5 Å². The lowest BCUT2D eigenvalue weighted by molar-refractivity contribution is 0.218. The van der Waals surface area contributed by atoms with Crippen molar-refractivity contribution in [2.45, 2.75) is 24.8 Å². The summed E-state index contributed by atoms with van der Waals surface area (Å²) in [6.07, 6.45) is 1.95. The predicted octanol–water partition coefficient (Wildman–Crippen LogP) is 3.93. The number of halogens is 4. The van der Waals surface area contributed by atoms with Crippen molar-refractivity contribution in [2.24, 2.45) is 0 Å². The SMILES string of the molecule is Fc1ccc(Br)c(F)c1CN1CCCC(Cl)C1. The van der Waals surface area contributed by atoms with E-state index in [1.165, 1.54) is 12.1 Å². The molecule has 94 valence electrons. The van der Waals surface area contributed by atoms with Crippen LogP contribution in [0.2, 0.25) is 0 Å². The minimum absolute atomic E-state index is 0.0852. The summed E-state index contributed by atoms with van der Waals surface area (Å²) in [6.45, 7) is 1.81. The van der Waals surface area contributed by atoms with Crippen LogP contribution in [-0.2, 0) is 6.54 Å². The third kappa shape index (κ3) is 3.18. The van der Waals surface area contributed by atoms with Crippen LogP contribution in [0.25, 0.3) is 0 Å². The molecular formula is C12H13BrClF2N. The molecule has 1 aliphatic heterocycles. The zero-order valence-corrected chi connectivity index (χ0v) is 11.6. The number of hydrogen-bond donors (Lipinski definition) is 0. The van der Waals surface area contributed by atoms with Crippen molar-refractivity contribution in [1.29, 1.82) is 0 Å². The van der Waals surface area contributed by atoms with Gasteiger partial charge in [0.15, 0.2) is 0 Å². The van der Waals surface area contributed by atoms with E-state index < -0.39 is 11.6 Å². The molecule has 1 nitrogen and oxygen atoms in total. The highest BCUT2D eigenvalue weighted by molar-refractivity contribution is 9.10. The van der Waals surface area contributed by atoms with Crippen LogP contribution in [0.4, 0.5) is 8.78 Å². The maximum Gasteiger partial charge on any atom is 0.144 e. The normalized spacial score (nSPS) is 21.8. The number of benzene rings is 1. The second-order valence-corrected chi connectivity index (χ2v) is 5.77. The Morgan fingerprint density at radius 1 is 1.41 bits per heavy atom. The molecule has 1 saturated heterocycles. The molecular weight excluding hydrogens is 311 g/mol. The van der Waals surface area contributed by atoms with Gasteiger partial charge in [0, 0.05) is 24.0 Å². The van der Waals surface area contributed by atoms with Gasteiger partial charge in [-0.3, -0.25) is 4.90 Å². The summed E-state index contributed by atoms with van der Waals surface area (Å²) in [5.74, 6) is -1.01. The van der Waals surface area contributed by atoms with Crippen molar-refractivity contribution in [3.8, 4) is 0 Å². The van der Waals surface area contributed by atoms with Crippen molar-refractivity contribution in [3.05, 3.63) is 33.8 Å². The second kappa shape index (κ2) is 5.63. The second-order valence-electron chi connectivity index (χ2n) is 4.30. The Balaban J connectivity index is 2.15. The maximum absolute atomic E-state index is 13.8. The van der Waals surface area contributed by atoms with E-state index >= 15 is 0 Å². The molecule has 1 aromatic carbocycles. The lowest BCUT2D eigenvalue weighted by Gasteiger charge is -2.29. The summed E-state index contributed by atoms with van der Waals surface area (Å²) in [6, 6.07) is 2.67. The molecule has 1 aliphatic rings. The molecule has 0 saturated carbocycles. The topological polar surface area (TPSA) is 3.24 Å². The summed E-state index contributed by atoms with van der Waals surface area (Å²) in [7, 11) is 0. The molecule has 0 aliphatic carbocycles. The molecule has 1 fully saturated rings. The number of hydrogen-bond acceptors (Lipinski definition) is 1. The molecule has 17 heavy (non-hydrogen) atoms. The number of rotatable bonds is 2. The van der Waals surface area contributed by atoms with Gasteiger partial charge in [0.2, 0.25) is 0 Å². The molecule has 0 spiro atoms. The molecule has 2 rings (SSSR count). The van der Waals surface area contributed by atoms with E-state index in [4.69, 9.17) is 11.6 Å². The van der Waals surface area contributed by atoms with Crippen LogP contribution in [0.3, 0.4) is 0 Å². The molecule has 0 amide bonds. The van der Waals surface area contributed by atoms with E-state index in [1.54, 1.807) is 0 Å². The third-order valence-electron chi connectivity index (χ3n) is 2.97. The highest BCUT2D eigenvalue weighted by atomic mass is 79.9. The number of alkyl halides is 1. The lowest BCUT2D eigenvalue weighted by atomic mass is 10.1. The number of likely N-dealkylation sites (tertiary alicyclic amines) is 1. The zero-order chi connectivity index (χ0) is 12.4. The average Bonchev–Trinajstić information content (AvgIpc) is 2.30. The van der Waals surface area contributed by atoms with E-state index in [2.05, 4.69) is 15.9 Å². The third-order valence-corrected chi connectivity index (χ3v) is 3.94. The van der Waals surface area contributed by atoms with Gasteiger partial charge in [0.05, 0.1) is 4.47 Å². The Bertz CT molecular complexity index is 414. The lowest BCUT2D eigenvalue weighted by Crippen LogP contribution is -2.35. The average molecular weight is 325 g/mol. The summed E-state index contributed by atoms with van der Waals surface area (Å²) in [4.78, 5) is 2.00. The van der Waals surface area contributed by atoms with Crippen molar-refractivity contribution in [1.82, 2.24) is 4.90 Å². The van der Waals surface area contributed by atoms with Crippen molar-refractivity contribution in [2.75, 3.05) is 13.1 Å². The summed E-state index contributed by atoms with van der Waals surface area (Å²) in [5, 5.41) is 0.0852. The molecule has 0 aromatic heterocycles. The monoisotopic (exact) mass is 323 g/mol. The summed E-state index contributed by atoms with van der Waals surface area (Å²) in [5.41, 5.74) is 0.116. The first-order valence-electron chi connectivity index (χ1n) is 5.56. The van der Waals surface area contributed by atoms with Crippen molar-refractivity contribution in [3.63, 3.8) is 0 Å². The molecule has 0 radical (unpaired) electrons. The minimum Gasteiger partial charge on any atom is -0.297 e. The minimum atomic E-state index is -0.512. The van der Waals surface area contributed by atoms with Gasteiger partial charge in [-0.2, -0.15) is 0 Å². The van der Waals surface area contributed by atoms with Crippen LogP contribution in [0.1, 0.15) is 18.4 Å². The van der Waals surface area contributed by atoms with Gasteiger partial charge in [-0.25, -0.2) is 8.78 Å². The Kier molecular flexibility index (Phi) is 4.39. The van der Waals surface area contributed by atoms with E-state index in [0.29, 0.717) is 11.0 Å². The van der Waals surface area contributed by atoms with Crippen LogP contribution in [0, 0.1) is 11.6 Å². The van der Waals surface area contributed by atoms with Crippen LogP contribution in [0.15, 0.2) is 16.6 Å². The van der Waals surface area contributed by atoms with Crippen LogP contribution in [-0.4, -0.2) is 23.4 Å². The molecule has 1 aromatic rings. The fourth-order valence-electron chi connectivity index (χ4n) is 2.08.